The van der Waals surface area contributed by atoms with Crippen molar-refractivity contribution in [3.05, 3.63) is 12.3 Å². The van der Waals surface area contributed by atoms with E-state index in [1.807, 2.05) is 6.07 Å². The summed E-state index contributed by atoms with van der Waals surface area (Å²) in [4.78, 5) is 10.8. The number of nitrogens with one attached hydrogen (secondary N) is 1. The third kappa shape index (κ3) is 1.93. The van der Waals surface area contributed by atoms with Gasteiger partial charge in [-0.1, -0.05) is 0 Å². The quantitative estimate of drug-likeness (QED) is 0.707. The summed E-state index contributed by atoms with van der Waals surface area (Å²) in [6, 6.07) is 1.86. The zero-order valence-electron chi connectivity index (χ0n) is 8.11. The first-order valence-electron chi connectivity index (χ1n) is 4.92. The van der Waals surface area contributed by atoms with Crippen LogP contribution in [0, 0.1) is 0 Å². The summed E-state index contributed by atoms with van der Waals surface area (Å²) in [6.45, 7) is 3.50. The van der Waals surface area contributed by atoms with Gasteiger partial charge in [0.25, 0.3) is 0 Å². The standard InChI is InChI=1S/C9H15N5/c10-3-5-11-8-2-4-12-9(13-8)14-6-1-7-14/h2,4H,1,3,5-7,10H2,(H,11,12,13). The Balaban J connectivity index is 2.02. The number of nitrogens with zero attached hydrogens (tertiary/aromatic N) is 3. The fraction of sp³-hybridized carbons (Fsp3) is 0.556. The first-order valence-corrected chi connectivity index (χ1v) is 4.92. The zero-order valence-corrected chi connectivity index (χ0v) is 8.11. The predicted octanol–water partition coefficient (Wildman–Crippen LogP) is 0.0573. The fourth-order valence-corrected chi connectivity index (χ4v) is 1.32. The minimum atomic E-state index is 0.614. The van der Waals surface area contributed by atoms with Crippen LogP contribution in [-0.4, -0.2) is 36.1 Å². The van der Waals surface area contributed by atoms with E-state index in [4.69, 9.17) is 5.73 Å². The molecule has 1 aromatic rings. The lowest BCUT2D eigenvalue weighted by atomic mass is 10.2. The van der Waals surface area contributed by atoms with Gasteiger partial charge in [-0.2, -0.15) is 4.98 Å². The van der Waals surface area contributed by atoms with Gasteiger partial charge in [0.2, 0.25) is 5.95 Å². The van der Waals surface area contributed by atoms with Crippen molar-refractivity contribution in [2.24, 2.45) is 5.73 Å². The smallest absolute Gasteiger partial charge is 0.227 e. The van der Waals surface area contributed by atoms with Crippen LogP contribution >= 0.6 is 0 Å². The van der Waals surface area contributed by atoms with Gasteiger partial charge in [-0.3, -0.25) is 0 Å². The van der Waals surface area contributed by atoms with Gasteiger partial charge in [0.05, 0.1) is 0 Å². The molecule has 0 amide bonds. The molecular weight excluding hydrogens is 178 g/mol. The van der Waals surface area contributed by atoms with E-state index in [0.717, 1.165) is 31.4 Å². The van der Waals surface area contributed by atoms with Crippen LogP contribution in [0.5, 0.6) is 0 Å². The molecule has 2 heterocycles. The molecule has 5 heteroatoms. The number of anilines is 2. The van der Waals surface area contributed by atoms with Crippen LogP contribution in [0.3, 0.4) is 0 Å². The molecule has 0 radical (unpaired) electrons. The zero-order chi connectivity index (χ0) is 9.80. The summed E-state index contributed by atoms with van der Waals surface area (Å²) in [5, 5.41) is 3.13. The second kappa shape index (κ2) is 4.23. The van der Waals surface area contributed by atoms with Gasteiger partial charge >= 0.3 is 0 Å². The first-order chi connectivity index (χ1) is 6.90. The van der Waals surface area contributed by atoms with Gasteiger partial charge < -0.3 is 16.0 Å². The van der Waals surface area contributed by atoms with E-state index >= 15 is 0 Å². The summed E-state index contributed by atoms with van der Waals surface area (Å²) in [6.07, 6.45) is 3.02. The Morgan fingerprint density at radius 1 is 1.50 bits per heavy atom. The van der Waals surface area contributed by atoms with E-state index < -0.39 is 0 Å². The van der Waals surface area contributed by atoms with E-state index in [9.17, 15) is 0 Å². The van der Waals surface area contributed by atoms with Gasteiger partial charge in [0.15, 0.2) is 0 Å². The lowest BCUT2D eigenvalue weighted by molar-refractivity contribution is 0.600. The van der Waals surface area contributed by atoms with Crippen LogP contribution < -0.4 is 16.0 Å². The van der Waals surface area contributed by atoms with Gasteiger partial charge in [-0.05, 0) is 12.5 Å². The molecule has 76 valence electrons. The largest absolute Gasteiger partial charge is 0.369 e. The van der Waals surface area contributed by atoms with Crippen LogP contribution in [0.2, 0.25) is 0 Å². The summed E-state index contributed by atoms with van der Waals surface area (Å²) in [7, 11) is 0. The Kier molecular flexibility index (Phi) is 2.78. The summed E-state index contributed by atoms with van der Waals surface area (Å²) < 4.78 is 0. The van der Waals surface area contributed by atoms with Crippen LogP contribution in [0.1, 0.15) is 6.42 Å². The van der Waals surface area contributed by atoms with Crippen molar-refractivity contribution in [3.63, 3.8) is 0 Å². The third-order valence-corrected chi connectivity index (χ3v) is 2.23. The number of rotatable bonds is 4. The van der Waals surface area contributed by atoms with Crippen molar-refractivity contribution in [2.45, 2.75) is 6.42 Å². The fourth-order valence-electron chi connectivity index (χ4n) is 1.32. The highest BCUT2D eigenvalue weighted by atomic mass is 15.3. The summed E-state index contributed by atoms with van der Waals surface area (Å²) in [5.74, 6) is 1.67. The lowest BCUT2D eigenvalue weighted by Crippen LogP contribution is -2.38. The normalized spacial score (nSPS) is 15.1. The van der Waals surface area contributed by atoms with Crippen LogP contribution in [0.25, 0.3) is 0 Å². The predicted molar refractivity (Wildman–Crippen MR) is 56.4 cm³/mol. The van der Waals surface area contributed by atoms with Gasteiger partial charge in [-0.15, -0.1) is 0 Å². The third-order valence-electron chi connectivity index (χ3n) is 2.23. The molecule has 0 saturated carbocycles. The minimum absolute atomic E-state index is 0.614. The molecule has 0 aromatic carbocycles. The van der Waals surface area contributed by atoms with E-state index in [1.54, 1.807) is 6.20 Å². The molecule has 0 spiro atoms. The Bertz CT molecular complexity index is 297. The second-order valence-corrected chi connectivity index (χ2v) is 3.30. The van der Waals surface area contributed by atoms with Crippen molar-refractivity contribution < 1.29 is 0 Å². The van der Waals surface area contributed by atoms with Gasteiger partial charge in [-0.25, -0.2) is 4.98 Å². The monoisotopic (exact) mass is 193 g/mol. The van der Waals surface area contributed by atoms with Crippen molar-refractivity contribution in [2.75, 3.05) is 36.4 Å². The molecule has 1 aromatic heterocycles. The van der Waals surface area contributed by atoms with Crippen LogP contribution in [0.15, 0.2) is 12.3 Å². The van der Waals surface area contributed by atoms with E-state index in [-0.39, 0.29) is 0 Å². The SMILES string of the molecule is NCCNc1ccnc(N2CCC2)n1. The second-order valence-electron chi connectivity index (χ2n) is 3.30. The molecule has 1 aliphatic heterocycles. The molecule has 1 fully saturated rings. The van der Waals surface area contributed by atoms with Crippen molar-refractivity contribution in [1.82, 2.24) is 9.97 Å². The lowest BCUT2D eigenvalue weighted by Gasteiger charge is -2.30. The highest BCUT2D eigenvalue weighted by Crippen LogP contribution is 2.16. The van der Waals surface area contributed by atoms with Crippen LogP contribution in [0.4, 0.5) is 11.8 Å². The molecule has 1 aliphatic rings. The molecule has 3 N–H and O–H groups in total. The Morgan fingerprint density at radius 2 is 2.36 bits per heavy atom. The van der Waals surface area contributed by atoms with E-state index in [0.29, 0.717) is 6.54 Å². The minimum Gasteiger partial charge on any atom is -0.369 e. The number of nitrogens with two attached hydrogens (primary N) is 1. The first kappa shape index (κ1) is 9.21. The average Bonchev–Trinajstić information content (AvgIpc) is 2.13. The maximum Gasteiger partial charge on any atom is 0.227 e. The molecule has 14 heavy (non-hydrogen) atoms. The van der Waals surface area contributed by atoms with Gasteiger partial charge in [0.1, 0.15) is 5.82 Å². The van der Waals surface area contributed by atoms with Gasteiger partial charge in [0, 0.05) is 32.4 Å². The van der Waals surface area contributed by atoms with E-state index in [1.165, 1.54) is 6.42 Å². The topological polar surface area (TPSA) is 67.1 Å². The van der Waals surface area contributed by atoms with Crippen molar-refractivity contribution in [3.8, 4) is 0 Å². The Hall–Kier alpha value is -1.36. The molecule has 0 atom stereocenters. The average molecular weight is 193 g/mol. The molecule has 0 unspecified atom stereocenters. The summed E-state index contributed by atoms with van der Waals surface area (Å²) >= 11 is 0. The number of aromatic nitrogens is 2. The molecular formula is C9H15N5. The van der Waals surface area contributed by atoms with Crippen molar-refractivity contribution >= 4 is 11.8 Å². The maximum absolute atomic E-state index is 5.40. The Labute approximate surface area is 83.3 Å². The molecule has 1 saturated heterocycles. The van der Waals surface area contributed by atoms with E-state index in [2.05, 4.69) is 20.2 Å². The highest BCUT2D eigenvalue weighted by molar-refractivity contribution is 5.42. The number of hydrogen-bond donors (Lipinski definition) is 2. The Morgan fingerprint density at radius 3 is 3.00 bits per heavy atom. The molecule has 2 rings (SSSR count). The molecule has 0 aliphatic carbocycles. The van der Waals surface area contributed by atoms with Crippen molar-refractivity contribution in [1.29, 1.82) is 0 Å². The maximum atomic E-state index is 5.40. The summed E-state index contributed by atoms with van der Waals surface area (Å²) in [5.41, 5.74) is 5.40. The highest BCUT2D eigenvalue weighted by Gasteiger charge is 2.16. The number of hydrogen-bond acceptors (Lipinski definition) is 5. The molecule has 5 nitrogen and oxygen atoms in total. The van der Waals surface area contributed by atoms with Crippen LogP contribution in [-0.2, 0) is 0 Å². The molecule has 0 bridgehead atoms.